The van der Waals surface area contributed by atoms with E-state index in [0.717, 1.165) is 22.7 Å². The van der Waals surface area contributed by atoms with Gasteiger partial charge in [-0.3, -0.25) is 4.79 Å². The molecule has 1 atom stereocenters. The number of rotatable bonds is 4. The molecule has 1 aliphatic heterocycles. The SMILES string of the molecule is CCCc1ccc(C2CC(=O)N2S(=O)(=O)Cl)cc1. The number of nitrogens with zero attached hydrogens (tertiary/aromatic N) is 1. The molecule has 1 heterocycles. The predicted octanol–water partition coefficient (Wildman–Crippen LogP) is 2.40. The van der Waals surface area contributed by atoms with Gasteiger partial charge in [0.15, 0.2) is 0 Å². The lowest BCUT2D eigenvalue weighted by molar-refractivity contribution is -0.137. The summed E-state index contributed by atoms with van der Waals surface area (Å²) in [5, 5.41) is 0. The van der Waals surface area contributed by atoms with E-state index in [9.17, 15) is 13.2 Å². The minimum Gasteiger partial charge on any atom is -0.274 e. The summed E-state index contributed by atoms with van der Waals surface area (Å²) < 4.78 is 23.2. The van der Waals surface area contributed by atoms with Crippen LogP contribution in [0, 0.1) is 0 Å². The van der Waals surface area contributed by atoms with Crippen LogP contribution in [0.4, 0.5) is 0 Å². The van der Waals surface area contributed by atoms with Crippen molar-refractivity contribution in [3.8, 4) is 0 Å². The summed E-state index contributed by atoms with van der Waals surface area (Å²) >= 11 is 0. The normalized spacial score (nSPS) is 19.8. The molecule has 1 aromatic carbocycles. The predicted molar refractivity (Wildman–Crippen MR) is 69.4 cm³/mol. The first-order valence-electron chi connectivity index (χ1n) is 5.79. The van der Waals surface area contributed by atoms with Crippen LogP contribution in [0.15, 0.2) is 24.3 Å². The molecule has 98 valence electrons. The summed E-state index contributed by atoms with van der Waals surface area (Å²) in [4.78, 5) is 11.3. The highest BCUT2D eigenvalue weighted by atomic mass is 35.7. The van der Waals surface area contributed by atoms with Crippen molar-refractivity contribution < 1.29 is 13.2 Å². The summed E-state index contributed by atoms with van der Waals surface area (Å²) in [5.41, 5.74) is 2.01. The van der Waals surface area contributed by atoms with Gasteiger partial charge in [0.25, 0.3) is 0 Å². The zero-order valence-electron chi connectivity index (χ0n) is 9.97. The Labute approximate surface area is 111 Å². The minimum atomic E-state index is -3.98. The van der Waals surface area contributed by atoms with Crippen molar-refractivity contribution in [3.05, 3.63) is 35.4 Å². The lowest BCUT2D eigenvalue weighted by Gasteiger charge is -2.37. The highest BCUT2D eigenvalue weighted by Gasteiger charge is 2.44. The number of aryl methyl sites for hydroxylation is 1. The number of amides is 1. The van der Waals surface area contributed by atoms with E-state index in [1.165, 1.54) is 5.56 Å². The van der Waals surface area contributed by atoms with Crippen LogP contribution in [-0.4, -0.2) is 18.6 Å². The highest BCUT2D eigenvalue weighted by Crippen LogP contribution is 2.38. The van der Waals surface area contributed by atoms with E-state index in [4.69, 9.17) is 10.7 Å². The molecule has 1 amide bonds. The number of carbonyl (C=O) groups excluding carboxylic acids is 1. The molecule has 18 heavy (non-hydrogen) atoms. The Morgan fingerprint density at radius 3 is 2.39 bits per heavy atom. The first-order chi connectivity index (χ1) is 8.43. The van der Waals surface area contributed by atoms with Crippen molar-refractivity contribution in [1.82, 2.24) is 4.31 Å². The molecule has 0 aliphatic carbocycles. The van der Waals surface area contributed by atoms with Gasteiger partial charge in [-0.2, -0.15) is 8.42 Å². The van der Waals surface area contributed by atoms with E-state index in [0.29, 0.717) is 0 Å². The summed E-state index contributed by atoms with van der Waals surface area (Å²) in [6.07, 6.45) is 2.24. The van der Waals surface area contributed by atoms with Gasteiger partial charge in [0.2, 0.25) is 5.91 Å². The fourth-order valence-corrected chi connectivity index (χ4v) is 3.46. The Hall–Kier alpha value is -1.07. The molecule has 0 aromatic heterocycles. The van der Waals surface area contributed by atoms with E-state index in [1.54, 1.807) is 0 Å². The molecule has 1 aromatic rings. The van der Waals surface area contributed by atoms with Gasteiger partial charge in [-0.15, -0.1) is 0 Å². The second kappa shape index (κ2) is 4.90. The Kier molecular flexibility index (Phi) is 3.64. The standard InChI is InChI=1S/C12H14ClNO3S/c1-2-3-9-4-6-10(7-5-9)11-8-12(15)14(11)18(13,16)17/h4-7,11H,2-3,8H2,1H3. The van der Waals surface area contributed by atoms with E-state index in [2.05, 4.69) is 6.92 Å². The molecular formula is C12H14ClNO3S. The van der Waals surface area contributed by atoms with Gasteiger partial charge in [0, 0.05) is 10.7 Å². The van der Waals surface area contributed by atoms with E-state index < -0.39 is 21.2 Å². The number of hydrogen-bond donors (Lipinski definition) is 0. The molecule has 0 spiro atoms. The molecule has 2 rings (SSSR count). The largest absolute Gasteiger partial charge is 0.324 e. The van der Waals surface area contributed by atoms with Gasteiger partial charge < -0.3 is 0 Å². The van der Waals surface area contributed by atoms with Crippen LogP contribution in [0.2, 0.25) is 0 Å². The maximum atomic E-state index is 11.3. The molecule has 0 N–H and O–H groups in total. The van der Waals surface area contributed by atoms with Crippen LogP contribution < -0.4 is 0 Å². The van der Waals surface area contributed by atoms with Crippen LogP contribution in [0.5, 0.6) is 0 Å². The molecule has 1 fully saturated rings. The fourth-order valence-electron chi connectivity index (χ4n) is 2.12. The molecule has 0 saturated carbocycles. The molecule has 6 heteroatoms. The molecule has 0 bridgehead atoms. The second-order valence-electron chi connectivity index (χ2n) is 4.34. The lowest BCUT2D eigenvalue weighted by atomic mass is 9.95. The molecule has 1 aliphatic rings. The highest BCUT2D eigenvalue weighted by molar-refractivity contribution is 8.12. The maximum absolute atomic E-state index is 11.3. The fraction of sp³-hybridized carbons (Fsp3) is 0.417. The van der Waals surface area contributed by atoms with Crippen LogP contribution >= 0.6 is 10.7 Å². The zero-order valence-corrected chi connectivity index (χ0v) is 11.5. The minimum absolute atomic E-state index is 0.194. The Bertz CT molecular complexity index is 553. The third-order valence-corrected chi connectivity index (χ3v) is 4.41. The number of carbonyl (C=O) groups is 1. The quantitative estimate of drug-likeness (QED) is 0.631. The van der Waals surface area contributed by atoms with Crippen molar-refractivity contribution >= 4 is 25.8 Å². The summed E-state index contributed by atoms with van der Waals surface area (Å²) in [5.74, 6) is -0.451. The summed E-state index contributed by atoms with van der Waals surface area (Å²) in [6, 6.07) is 7.19. The van der Waals surface area contributed by atoms with Gasteiger partial charge in [0.1, 0.15) is 0 Å². The van der Waals surface area contributed by atoms with Crippen molar-refractivity contribution in [1.29, 1.82) is 0 Å². The molecule has 4 nitrogen and oxygen atoms in total. The van der Waals surface area contributed by atoms with Gasteiger partial charge in [-0.25, -0.2) is 4.31 Å². The number of halogens is 1. The van der Waals surface area contributed by atoms with Gasteiger partial charge >= 0.3 is 9.24 Å². The van der Waals surface area contributed by atoms with E-state index in [1.807, 2.05) is 24.3 Å². The van der Waals surface area contributed by atoms with E-state index >= 15 is 0 Å². The number of benzene rings is 1. The van der Waals surface area contributed by atoms with Gasteiger partial charge in [0.05, 0.1) is 12.5 Å². The smallest absolute Gasteiger partial charge is 0.274 e. The first kappa shape index (κ1) is 13.4. The van der Waals surface area contributed by atoms with Crippen molar-refractivity contribution in [3.63, 3.8) is 0 Å². The van der Waals surface area contributed by atoms with Gasteiger partial charge in [-0.05, 0) is 17.5 Å². The molecule has 1 unspecified atom stereocenters. The van der Waals surface area contributed by atoms with E-state index in [-0.39, 0.29) is 6.42 Å². The second-order valence-corrected chi connectivity index (χ2v) is 6.73. The Morgan fingerprint density at radius 1 is 1.33 bits per heavy atom. The number of β-lactam (4-membered cyclic amide) rings is 1. The summed E-state index contributed by atoms with van der Waals surface area (Å²) in [7, 11) is 1.26. The number of hydrogen-bond acceptors (Lipinski definition) is 3. The Balaban J connectivity index is 2.20. The third kappa shape index (κ3) is 2.52. The van der Waals surface area contributed by atoms with Crippen molar-refractivity contribution in [2.75, 3.05) is 0 Å². The Morgan fingerprint density at radius 2 is 1.94 bits per heavy atom. The molecule has 1 saturated heterocycles. The zero-order chi connectivity index (χ0) is 13.3. The van der Waals surface area contributed by atoms with Crippen LogP contribution in [0.3, 0.4) is 0 Å². The van der Waals surface area contributed by atoms with Crippen LogP contribution in [0.1, 0.15) is 36.9 Å². The van der Waals surface area contributed by atoms with Crippen molar-refractivity contribution in [2.24, 2.45) is 0 Å². The lowest BCUT2D eigenvalue weighted by Crippen LogP contribution is -2.47. The topological polar surface area (TPSA) is 54.5 Å². The van der Waals surface area contributed by atoms with Crippen LogP contribution in [-0.2, 0) is 20.5 Å². The van der Waals surface area contributed by atoms with Crippen LogP contribution in [0.25, 0.3) is 0 Å². The van der Waals surface area contributed by atoms with Crippen molar-refractivity contribution in [2.45, 2.75) is 32.2 Å². The average molecular weight is 288 g/mol. The molecular weight excluding hydrogens is 274 g/mol. The molecule has 0 radical (unpaired) electrons. The first-order valence-corrected chi connectivity index (χ1v) is 8.05. The third-order valence-electron chi connectivity index (χ3n) is 3.03. The monoisotopic (exact) mass is 287 g/mol. The maximum Gasteiger partial charge on any atom is 0.324 e. The van der Waals surface area contributed by atoms with Gasteiger partial charge in [-0.1, -0.05) is 37.6 Å². The average Bonchev–Trinajstić information content (AvgIpc) is 2.25. The summed E-state index contributed by atoms with van der Waals surface area (Å²) in [6.45, 7) is 2.10.